The van der Waals surface area contributed by atoms with Gasteiger partial charge in [-0.1, -0.05) is 27.7 Å². The van der Waals surface area contributed by atoms with E-state index in [1.54, 1.807) is 0 Å². The number of nitrogens with zero attached hydrogens (tertiary/aromatic N) is 1. The molecule has 0 aliphatic carbocycles. The molecule has 0 fully saturated rings. The number of hydrogen-bond acceptors (Lipinski definition) is 3. The average molecular weight is 285 g/mol. The van der Waals surface area contributed by atoms with Crippen LogP contribution in [0.25, 0.3) is 0 Å². The number of rotatable bonds is 8. The molecule has 0 aromatic rings. The van der Waals surface area contributed by atoms with Gasteiger partial charge in [0.2, 0.25) is 0 Å². The quantitative estimate of drug-likeness (QED) is 0.368. The molecule has 0 atom stereocenters. The normalized spacial score (nSPS) is 10.0. The Bertz CT molecular complexity index is 161. The van der Waals surface area contributed by atoms with Crippen molar-refractivity contribution in [2.24, 2.45) is 0 Å². The summed E-state index contributed by atoms with van der Waals surface area (Å²) in [6.45, 7) is 14.8. The second kappa shape index (κ2) is 15.6. The summed E-state index contributed by atoms with van der Waals surface area (Å²) >= 11 is 0. The first-order valence-corrected chi connectivity index (χ1v) is 7.93. The molecule has 0 aliphatic rings. The summed E-state index contributed by atoms with van der Waals surface area (Å²) in [4.78, 5) is 17.0. The van der Waals surface area contributed by atoms with Crippen LogP contribution in [0.3, 0.4) is 0 Å². The van der Waals surface area contributed by atoms with Gasteiger partial charge in [-0.15, -0.1) is 0 Å². The maximum absolute atomic E-state index is 8.52. The Hall–Kier alpha value is 0.577. The van der Waals surface area contributed by atoms with Crippen LogP contribution in [-0.2, 0) is 4.46 Å². The maximum Gasteiger partial charge on any atom is 1.00 e. The van der Waals surface area contributed by atoms with Gasteiger partial charge in [-0.2, -0.15) is 0 Å². The zero-order chi connectivity index (χ0) is 13.7. The van der Waals surface area contributed by atoms with Crippen molar-refractivity contribution in [3.8, 4) is 0 Å². The van der Waals surface area contributed by atoms with Gasteiger partial charge in [0.1, 0.15) is 0 Å². The largest absolute Gasteiger partial charge is 1.00 e. The van der Waals surface area contributed by atoms with Crippen LogP contribution in [-0.4, -0.2) is 39.8 Å². The predicted octanol–water partition coefficient (Wildman–Crippen LogP) is -2.43. The minimum atomic E-state index is -3.63. The Kier molecular flexibility index (Phi) is 20.5. The zero-order valence-corrected chi connectivity index (χ0v) is 15.8. The third-order valence-electron chi connectivity index (χ3n) is 2.79. The van der Waals surface area contributed by atoms with Gasteiger partial charge >= 0.3 is 29.6 Å². The molecule has 0 aromatic heterocycles. The Morgan fingerprint density at radius 2 is 0.944 bits per heavy atom. The van der Waals surface area contributed by atoms with Crippen molar-refractivity contribution in [2.45, 2.75) is 53.4 Å². The van der Waals surface area contributed by atoms with Crippen LogP contribution < -0.4 is 39.1 Å². The zero-order valence-electron chi connectivity index (χ0n) is 12.8. The molecule has 4 nitrogen and oxygen atoms in total. The molecule has 104 valence electrons. The fourth-order valence-electron chi connectivity index (χ4n) is 2.57. The third kappa shape index (κ3) is 14.6. The van der Waals surface area contributed by atoms with E-state index in [-0.39, 0.29) is 29.6 Å². The Labute approximate surface area is 136 Å². The molecule has 0 N–H and O–H groups in total. The molecule has 0 aliphatic heterocycles. The number of quaternary nitrogens is 1. The molecule has 0 radical (unpaired) electrons. The molecule has 0 heterocycles. The van der Waals surface area contributed by atoms with Gasteiger partial charge in [-0.05, 0) is 25.7 Å². The Balaban J connectivity index is -0.000000392. The van der Waals surface area contributed by atoms with Crippen LogP contribution >= 0.6 is 0 Å². The van der Waals surface area contributed by atoms with E-state index < -0.39 is 9.17 Å². The summed E-state index contributed by atoms with van der Waals surface area (Å²) in [5.74, 6) is 0. The van der Waals surface area contributed by atoms with Crippen LogP contribution in [0.2, 0.25) is 0 Å². The van der Waals surface area contributed by atoms with Crippen molar-refractivity contribution in [2.75, 3.05) is 26.2 Å². The minimum absolute atomic E-state index is 0. The van der Waals surface area contributed by atoms with E-state index in [1.807, 2.05) is 0 Å². The fraction of sp³-hybridized carbons (Fsp3) is 1.00. The topological polar surface area (TPSA) is 63.2 Å². The first-order valence-electron chi connectivity index (χ1n) is 6.71. The second-order valence-electron chi connectivity index (χ2n) is 4.49. The van der Waals surface area contributed by atoms with Crippen molar-refractivity contribution in [3.05, 3.63) is 0 Å². The smallest absolute Gasteiger partial charge is 0.672 e. The summed E-state index contributed by atoms with van der Waals surface area (Å²) in [5.41, 5.74) is 0. The monoisotopic (exact) mass is 285 g/mol. The van der Waals surface area contributed by atoms with Crippen LogP contribution in [0.5, 0.6) is 0 Å². The summed E-state index contributed by atoms with van der Waals surface area (Å²) in [5, 5.41) is 0. The Morgan fingerprint density at radius 3 is 1.06 bits per heavy atom. The molecular formula is C12H28NNaO3Si. The number of hydrogen-bond donors (Lipinski definition) is 0. The summed E-state index contributed by atoms with van der Waals surface area (Å²) in [6.07, 6.45) is 5.33. The van der Waals surface area contributed by atoms with Crippen molar-refractivity contribution >= 4 is 9.17 Å². The molecule has 0 amide bonds. The van der Waals surface area contributed by atoms with Gasteiger partial charge in [-0.3, -0.25) is 0 Å². The van der Waals surface area contributed by atoms with E-state index in [1.165, 1.54) is 56.3 Å². The van der Waals surface area contributed by atoms with E-state index in [0.717, 1.165) is 0 Å². The standard InChI is InChI=1S/C12H28N.Na.O3Si/c1-5-9-13(10-6-2,11-7-3)12-8-4;;1-4(2)3/h5-12H2,1-4H3;;/q2*+1;-2. The average Bonchev–Trinajstić information content (AvgIpc) is 2.18. The third-order valence-corrected chi connectivity index (χ3v) is 2.79. The molecule has 0 saturated carbocycles. The van der Waals surface area contributed by atoms with Crippen molar-refractivity contribution in [1.82, 2.24) is 0 Å². The molecule has 0 rings (SSSR count). The van der Waals surface area contributed by atoms with E-state index >= 15 is 0 Å². The summed E-state index contributed by atoms with van der Waals surface area (Å²) < 4.78 is 9.89. The summed E-state index contributed by atoms with van der Waals surface area (Å²) in [6, 6.07) is 0. The molecule has 0 unspecified atom stereocenters. The minimum Gasteiger partial charge on any atom is -0.672 e. The molecule has 6 heteroatoms. The van der Waals surface area contributed by atoms with Gasteiger partial charge in [0.05, 0.1) is 26.2 Å². The van der Waals surface area contributed by atoms with Gasteiger partial charge in [0.25, 0.3) is 0 Å². The van der Waals surface area contributed by atoms with Crippen LogP contribution in [0.15, 0.2) is 0 Å². The van der Waals surface area contributed by atoms with E-state index in [9.17, 15) is 0 Å². The van der Waals surface area contributed by atoms with Crippen LogP contribution in [0.4, 0.5) is 0 Å². The van der Waals surface area contributed by atoms with E-state index in [2.05, 4.69) is 27.7 Å². The van der Waals surface area contributed by atoms with Crippen molar-refractivity contribution in [3.63, 3.8) is 0 Å². The first kappa shape index (κ1) is 23.7. The fourth-order valence-corrected chi connectivity index (χ4v) is 2.57. The van der Waals surface area contributed by atoms with Gasteiger partial charge in [0.15, 0.2) is 0 Å². The van der Waals surface area contributed by atoms with Gasteiger partial charge in [0, 0.05) is 9.17 Å². The molecule has 0 aromatic carbocycles. The summed E-state index contributed by atoms with van der Waals surface area (Å²) in [7, 11) is -3.63. The van der Waals surface area contributed by atoms with Crippen molar-refractivity contribution < 1.29 is 48.1 Å². The maximum atomic E-state index is 8.52. The van der Waals surface area contributed by atoms with E-state index in [0.29, 0.717) is 0 Å². The van der Waals surface area contributed by atoms with Gasteiger partial charge < -0.3 is 18.5 Å². The van der Waals surface area contributed by atoms with Crippen LogP contribution in [0, 0.1) is 0 Å². The van der Waals surface area contributed by atoms with Gasteiger partial charge in [-0.25, -0.2) is 0 Å². The van der Waals surface area contributed by atoms with Crippen LogP contribution in [0.1, 0.15) is 53.4 Å². The second-order valence-corrected chi connectivity index (χ2v) is 4.99. The molecular weight excluding hydrogens is 257 g/mol. The molecule has 0 saturated heterocycles. The van der Waals surface area contributed by atoms with Crippen molar-refractivity contribution in [1.29, 1.82) is 0 Å². The molecule has 0 spiro atoms. The first-order chi connectivity index (χ1) is 7.97. The Morgan fingerprint density at radius 1 is 0.778 bits per heavy atom. The van der Waals surface area contributed by atoms with E-state index in [4.69, 9.17) is 14.1 Å². The SMILES string of the molecule is CCC[N+](CCC)(CCC)CCC.O=[Si]([O-])[O-].[Na+]. The molecule has 0 bridgehead atoms. The predicted molar refractivity (Wildman–Crippen MR) is 67.3 cm³/mol. The molecule has 18 heavy (non-hydrogen) atoms.